The fourth-order valence-corrected chi connectivity index (χ4v) is 3.00. The van der Waals surface area contributed by atoms with Crippen molar-refractivity contribution >= 4 is 17.7 Å². The number of hydrogen-bond acceptors (Lipinski definition) is 5. The van der Waals surface area contributed by atoms with E-state index in [1.807, 2.05) is 0 Å². The van der Waals surface area contributed by atoms with Gasteiger partial charge in [0.15, 0.2) is 0 Å². The Morgan fingerprint density at radius 2 is 1.70 bits per heavy atom. The molecule has 0 aliphatic heterocycles. The van der Waals surface area contributed by atoms with E-state index < -0.39 is 5.25 Å². The van der Waals surface area contributed by atoms with Gasteiger partial charge in [0, 0.05) is 12.1 Å². The van der Waals surface area contributed by atoms with E-state index in [-0.39, 0.29) is 28.7 Å². The number of nitrogens with one attached hydrogen (secondary N) is 1. The van der Waals surface area contributed by atoms with Crippen LogP contribution in [0.5, 0.6) is 0 Å². The molecule has 0 fully saturated rings. The Morgan fingerprint density at radius 3 is 2.37 bits per heavy atom. The minimum absolute atomic E-state index is 0.163. The molecule has 0 spiro atoms. The van der Waals surface area contributed by atoms with Crippen molar-refractivity contribution in [2.75, 3.05) is 6.54 Å². The molecule has 1 atom stereocenters. The van der Waals surface area contributed by atoms with E-state index in [0.29, 0.717) is 18.5 Å². The van der Waals surface area contributed by atoms with E-state index in [1.165, 1.54) is 24.3 Å². The smallest absolute Gasteiger partial charge is 0.277 e. The van der Waals surface area contributed by atoms with Gasteiger partial charge in [-0.25, -0.2) is 8.78 Å². The molecule has 0 aliphatic rings. The summed E-state index contributed by atoms with van der Waals surface area (Å²) in [6.45, 7) is 2.18. The van der Waals surface area contributed by atoms with Gasteiger partial charge in [-0.3, -0.25) is 4.79 Å². The van der Waals surface area contributed by atoms with Crippen LogP contribution >= 0.6 is 11.8 Å². The first-order valence-corrected chi connectivity index (χ1v) is 9.17. The summed E-state index contributed by atoms with van der Waals surface area (Å²) in [6.07, 6.45) is 0.610. The third-order valence-corrected chi connectivity index (χ3v) is 4.70. The van der Waals surface area contributed by atoms with Gasteiger partial charge in [0.05, 0.1) is 5.25 Å². The van der Waals surface area contributed by atoms with Crippen LogP contribution in [0, 0.1) is 11.6 Å². The molecule has 0 aliphatic carbocycles. The molecule has 1 heterocycles. The van der Waals surface area contributed by atoms with Gasteiger partial charge >= 0.3 is 0 Å². The average molecular weight is 389 g/mol. The lowest BCUT2D eigenvalue weighted by atomic mass is 10.1. The topological polar surface area (TPSA) is 68.0 Å². The molecular formula is C19H17F2N3O2S. The van der Waals surface area contributed by atoms with E-state index in [9.17, 15) is 13.6 Å². The molecule has 1 N–H and O–H groups in total. The number of aromatic nitrogens is 2. The predicted octanol–water partition coefficient (Wildman–Crippen LogP) is 3.85. The average Bonchev–Trinajstić information content (AvgIpc) is 3.12. The monoisotopic (exact) mass is 389 g/mol. The van der Waals surface area contributed by atoms with E-state index in [0.717, 1.165) is 17.3 Å². The lowest BCUT2D eigenvalue weighted by Crippen LogP contribution is -2.32. The summed E-state index contributed by atoms with van der Waals surface area (Å²) in [5.41, 5.74) is 1.55. The summed E-state index contributed by atoms with van der Waals surface area (Å²) in [6, 6.07) is 11.9. The maximum atomic E-state index is 13.0. The van der Waals surface area contributed by atoms with Gasteiger partial charge < -0.3 is 9.73 Å². The number of rotatable bonds is 7. The van der Waals surface area contributed by atoms with Gasteiger partial charge in [0.1, 0.15) is 11.6 Å². The largest absolute Gasteiger partial charge is 0.411 e. The molecule has 140 valence electrons. The lowest BCUT2D eigenvalue weighted by Gasteiger charge is -2.09. The van der Waals surface area contributed by atoms with Gasteiger partial charge in [-0.05, 0) is 55.3 Å². The molecule has 3 rings (SSSR count). The zero-order valence-corrected chi connectivity index (χ0v) is 15.3. The predicted molar refractivity (Wildman–Crippen MR) is 98.1 cm³/mol. The van der Waals surface area contributed by atoms with Gasteiger partial charge in [-0.1, -0.05) is 23.9 Å². The molecule has 2 aromatic carbocycles. The molecule has 8 heteroatoms. The van der Waals surface area contributed by atoms with Gasteiger partial charge in [-0.2, -0.15) is 0 Å². The molecule has 0 bridgehead atoms. The van der Waals surface area contributed by atoms with Crippen LogP contribution in [0.15, 0.2) is 58.2 Å². The number of nitrogens with zero attached hydrogens (tertiary/aromatic N) is 2. The molecule has 1 amide bonds. The van der Waals surface area contributed by atoms with Crippen molar-refractivity contribution in [2.24, 2.45) is 0 Å². The summed E-state index contributed by atoms with van der Waals surface area (Å²) in [7, 11) is 0. The second-order valence-corrected chi connectivity index (χ2v) is 7.10. The molecule has 0 saturated carbocycles. The summed E-state index contributed by atoms with van der Waals surface area (Å²) < 4.78 is 31.4. The number of carbonyl (C=O) groups is 1. The van der Waals surface area contributed by atoms with Crippen LogP contribution in [0.3, 0.4) is 0 Å². The van der Waals surface area contributed by atoms with Crippen molar-refractivity contribution in [1.82, 2.24) is 15.5 Å². The molecular weight excluding hydrogens is 372 g/mol. The number of thioether (sulfide) groups is 1. The van der Waals surface area contributed by atoms with Crippen molar-refractivity contribution < 1.29 is 18.0 Å². The third kappa shape index (κ3) is 5.37. The summed E-state index contributed by atoms with van der Waals surface area (Å²) in [4.78, 5) is 12.2. The number of halogens is 2. The molecule has 0 radical (unpaired) electrons. The number of hydrogen-bond donors (Lipinski definition) is 1. The van der Waals surface area contributed by atoms with Gasteiger partial charge in [0.2, 0.25) is 11.8 Å². The van der Waals surface area contributed by atoms with Crippen LogP contribution in [0.25, 0.3) is 11.5 Å². The fourth-order valence-electron chi connectivity index (χ4n) is 2.30. The van der Waals surface area contributed by atoms with Gasteiger partial charge in [-0.15, -0.1) is 10.2 Å². The zero-order valence-electron chi connectivity index (χ0n) is 14.5. The normalized spacial score (nSPS) is 12.0. The van der Waals surface area contributed by atoms with Crippen molar-refractivity contribution in [3.8, 4) is 11.5 Å². The van der Waals surface area contributed by atoms with Crippen molar-refractivity contribution in [1.29, 1.82) is 0 Å². The second-order valence-electron chi connectivity index (χ2n) is 5.81. The van der Waals surface area contributed by atoms with E-state index in [4.69, 9.17) is 4.42 Å². The number of carbonyl (C=O) groups excluding carboxylic acids is 1. The van der Waals surface area contributed by atoms with E-state index >= 15 is 0 Å². The quantitative estimate of drug-likeness (QED) is 0.622. The van der Waals surface area contributed by atoms with Crippen molar-refractivity contribution in [3.63, 3.8) is 0 Å². The highest BCUT2D eigenvalue weighted by molar-refractivity contribution is 8.00. The summed E-state index contributed by atoms with van der Waals surface area (Å²) >= 11 is 1.14. The summed E-state index contributed by atoms with van der Waals surface area (Å²) in [5, 5.41) is 10.5. The Kier molecular flexibility index (Phi) is 6.18. The minimum Gasteiger partial charge on any atom is -0.411 e. The highest BCUT2D eigenvalue weighted by atomic mass is 32.2. The van der Waals surface area contributed by atoms with E-state index in [2.05, 4.69) is 15.5 Å². The van der Waals surface area contributed by atoms with E-state index in [1.54, 1.807) is 31.2 Å². The SMILES string of the molecule is C[C@H](Sc1nnc(-c2ccc(F)cc2)o1)C(=O)NCCc1ccc(F)cc1. The molecule has 5 nitrogen and oxygen atoms in total. The minimum atomic E-state index is -0.431. The van der Waals surface area contributed by atoms with Crippen LogP contribution in [-0.4, -0.2) is 27.9 Å². The Balaban J connectivity index is 1.49. The fraction of sp³-hybridized carbons (Fsp3) is 0.211. The first-order chi connectivity index (χ1) is 13.0. The van der Waals surface area contributed by atoms with Crippen LogP contribution < -0.4 is 5.32 Å². The Morgan fingerprint density at radius 1 is 1.07 bits per heavy atom. The van der Waals surface area contributed by atoms with Crippen LogP contribution in [0.4, 0.5) is 8.78 Å². The van der Waals surface area contributed by atoms with Crippen LogP contribution in [-0.2, 0) is 11.2 Å². The summed E-state index contributed by atoms with van der Waals surface area (Å²) in [5.74, 6) is -0.531. The Labute approximate surface area is 159 Å². The first kappa shape index (κ1) is 19.0. The lowest BCUT2D eigenvalue weighted by molar-refractivity contribution is -0.120. The Bertz CT molecular complexity index is 898. The zero-order chi connectivity index (χ0) is 19.2. The van der Waals surface area contributed by atoms with Crippen LogP contribution in [0.1, 0.15) is 12.5 Å². The molecule has 27 heavy (non-hydrogen) atoms. The van der Waals surface area contributed by atoms with Crippen LogP contribution in [0.2, 0.25) is 0 Å². The van der Waals surface area contributed by atoms with Crippen molar-refractivity contribution in [3.05, 3.63) is 65.7 Å². The molecule has 0 unspecified atom stereocenters. The number of amides is 1. The molecule has 0 saturated heterocycles. The maximum Gasteiger partial charge on any atom is 0.277 e. The number of benzene rings is 2. The third-order valence-electron chi connectivity index (χ3n) is 3.77. The van der Waals surface area contributed by atoms with Crippen molar-refractivity contribution in [2.45, 2.75) is 23.8 Å². The van der Waals surface area contributed by atoms with Gasteiger partial charge in [0.25, 0.3) is 5.22 Å². The molecule has 1 aromatic heterocycles. The highest BCUT2D eigenvalue weighted by Gasteiger charge is 2.18. The first-order valence-electron chi connectivity index (χ1n) is 8.29. The Hall–Kier alpha value is -2.74. The maximum absolute atomic E-state index is 13.0. The highest BCUT2D eigenvalue weighted by Crippen LogP contribution is 2.26. The standard InChI is InChI=1S/C19H17F2N3O2S/c1-12(17(25)22-11-10-13-2-6-15(20)7-3-13)27-19-24-23-18(26-19)14-4-8-16(21)9-5-14/h2-9,12H,10-11H2,1H3,(H,22,25)/t12-/m0/s1. The molecule has 3 aromatic rings. The second kappa shape index (κ2) is 8.77.